The SMILES string of the molecule is Cc1ccc(F)c(S(=O)(=O)[C@H]2CS(=O)(=O)C[C@@H]2NCC(C)(C)N2CCCC2)c1. The van der Waals surface area contributed by atoms with E-state index in [1.54, 1.807) is 6.92 Å². The molecule has 0 bridgehead atoms. The van der Waals surface area contributed by atoms with Gasteiger partial charge in [0.05, 0.1) is 16.8 Å². The summed E-state index contributed by atoms with van der Waals surface area (Å²) in [6.45, 7) is 8.24. The molecule has 9 heteroatoms. The van der Waals surface area contributed by atoms with Crippen molar-refractivity contribution >= 4 is 19.7 Å². The van der Waals surface area contributed by atoms with Gasteiger partial charge in [-0.2, -0.15) is 0 Å². The lowest BCUT2D eigenvalue weighted by molar-refractivity contribution is 0.148. The summed E-state index contributed by atoms with van der Waals surface area (Å²) in [6.07, 6.45) is 2.26. The number of aryl methyl sites for hydroxylation is 1. The van der Waals surface area contributed by atoms with E-state index in [1.165, 1.54) is 12.1 Å². The summed E-state index contributed by atoms with van der Waals surface area (Å²) in [7, 11) is -7.65. The summed E-state index contributed by atoms with van der Waals surface area (Å²) in [6, 6.07) is 3.14. The lowest BCUT2D eigenvalue weighted by atomic mass is 10.0. The van der Waals surface area contributed by atoms with Crippen LogP contribution in [0, 0.1) is 12.7 Å². The molecule has 0 unspecified atom stereocenters. The fourth-order valence-electron chi connectivity index (χ4n) is 4.12. The minimum Gasteiger partial charge on any atom is -0.310 e. The maximum absolute atomic E-state index is 14.3. The van der Waals surface area contributed by atoms with Gasteiger partial charge < -0.3 is 5.32 Å². The fraction of sp³-hybridized carbons (Fsp3) is 0.684. The zero-order valence-electron chi connectivity index (χ0n) is 16.6. The molecule has 1 N–H and O–H groups in total. The lowest BCUT2D eigenvalue weighted by Crippen LogP contribution is -2.54. The Balaban J connectivity index is 1.85. The van der Waals surface area contributed by atoms with Gasteiger partial charge in [-0.15, -0.1) is 0 Å². The van der Waals surface area contributed by atoms with E-state index in [-0.39, 0.29) is 11.3 Å². The number of nitrogens with one attached hydrogen (secondary N) is 1. The highest BCUT2D eigenvalue weighted by molar-refractivity contribution is 7.96. The average molecular weight is 433 g/mol. The second kappa shape index (κ2) is 7.66. The van der Waals surface area contributed by atoms with E-state index in [1.807, 2.05) is 0 Å². The number of hydrogen-bond donors (Lipinski definition) is 1. The highest BCUT2D eigenvalue weighted by Gasteiger charge is 2.47. The van der Waals surface area contributed by atoms with Crippen molar-refractivity contribution in [3.63, 3.8) is 0 Å². The Labute approximate surface area is 167 Å². The van der Waals surface area contributed by atoms with Gasteiger partial charge in [-0.1, -0.05) is 6.07 Å². The number of nitrogens with zero attached hydrogens (tertiary/aromatic N) is 1. The summed E-state index contributed by atoms with van der Waals surface area (Å²) >= 11 is 0. The number of sulfone groups is 2. The monoisotopic (exact) mass is 432 g/mol. The molecule has 158 valence electrons. The second-order valence-corrected chi connectivity index (χ2v) is 12.9. The van der Waals surface area contributed by atoms with Crippen LogP contribution in [-0.4, -0.2) is 69.7 Å². The number of rotatable bonds is 6. The minimum atomic E-state index is -4.13. The second-order valence-electron chi connectivity index (χ2n) is 8.59. The summed E-state index contributed by atoms with van der Waals surface area (Å²) < 4.78 is 65.0. The van der Waals surface area contributed by atoms with E-state index in [0.717, 1.165) is 32.0 Å². The highest BCUT2D eigenvalue weighted by Crippen LogP contribution is 2.29. The topological polar surface area (TPSA) is 83.5 Å². The van der Waals surface area contributed by atoms with Crippen LogP contribution in [0.1, 0.15) is 32.3 Å². The van der Waals surface area contributed by atoms with Crippen LogP contribution < -0.4 is 5.32 Å². The van der Waals surface area contributed by atoms with Crippen molar-refractivity contribution in [2.75, 3.05) is 31.1 Å². The van der Waals surface area contributed by atoms with Gasteiger partial charge in [0, 0.05) is 18.1 Å². The quantitative estimate of drug-likeness (QED) is 0.734. The van der Waals surface area contributed by atoms with E-state index in [4.69, 9.17) is 0 Å². The molecule has 2 fully saturated rings. The molecule has 2 aliphatic heterocycles. The highest BCUT2D eigenvalue weighted by atomic mass is 32.2. The van der Waals surface area contributed by atoms with E-state index < -0.39 is 47.4 Å². The van der Waals surface area contributed by atoms with Crippen LogP contribution in [0.5, 0.6) is 0 Å². The van der Waals surface area contributed by atoms with Crippen LogP contribution in [0.25, 0.3) is 0 Å². The van der Waals surface area contributed by atoms with E-state index >= 15 is 0 Å². The van der Waals surface area contributed by atoms with Crippen LogP contribution >= 0.6 is 0 Å². The molecule has 2 aliphatic rings. The lowest BCUT2D eigenvalue weighted by Gasteiger charge is -2.37. The van der Waals surface area contributed by atoms with Gasteiger partial charge in [0.2, 0.25) is 0 Å². The molecule has 28 heavy (non-hydrogen) atoms. The first kappa shape index (κ1) is 21.7. The molecule has 0 radical (unpaired) electrons. The van der Waals surface area contributed by atoms with Crippen molar-refractivity contribution in [1.29, 1.82) is 0 Å². The van der Waals surface area contributed by atoms with E-state index in [0.29, 0.717) is 12.1 Å². The maximum Gasteiger partial charge on any atom is 0.186 e. The first-order valence-electron chi connectivity index (χ1n) is 9.61. The van der Waals surface area contributed by atoms with Crippen LogP contribution in [-0.2, 0) is 19.7 Å². The Morgan fingerprint density at radius 2 is 1.86 bits per heavy atom. The van der Waals surface area contributed by atoms with Crippen molar-refractivity contribution in [1.82, 2.24) is 10.2 Å². The maximum atomic E-state index is 14.3. The van der Waals surface area contributed by atoms with E-state index in [2.05, 4.69) is 24.1 Å². The largest absolute Gasteiger partial charge is 0.310 e. The van der Waals surface area contributed by atoms with Crippen molar-refractivity contribution in [3.05, 3.63) is 29.6 Å². The van der Waals surface area contributed by atoms with Crippen LogP contribution in [0.15, 0.2) is 23.1 Å². The van der Waals surface area contributed by atoms with Crippen LogP contribution in [0.3, 0.4) is 0 Å². The van der Waals surface area contributed by atoms with E-state index in [9.17, 15) is 21.2 Å². The standard InChI is InChI=1S/C19H29FN2O4S2/c1-14-6-7-15(20)17(10-14)28(25,26)18-12-27(23,24)11-16(18)21-13-19(2,3)22-8-4-5-9-22/h6-7,10,16,18,21H,4-5,8-9,11-13H2,1-3H3/t16-,18-/m0/s1. The number of benzene rings is 1. The zero-order chi connectivity index (χ0) is 20.7. The predicted molar refractivity (Wildman–Crippen MR) is 107 cm³/mol. The van der Waals surface area contributed by atoms with Gasteiger partial charge in [0.1, 0.15) is 10.7 Å². The van der Waals surface area contributed by atoms with Crippen molar-refractivity contribution in [3.8, 4) is 0 Å². The first-order chi connectivity index (χ1) is 12.9. The third-order valence-electron chi connectivity index (χ3n) is 5.85. The molecule has 3 rings (SSSR count). The number of likely N-dealkylation sites (tertiary alicyclic amines) is 1. The Bertz CT molecular complexity index is 939. The van der Waals surface area contributed by atoms with Crippen molar-refractivity contribution < 1.29 is 21.2 Å². The van der Waals surface area contributed by atoms with Crippen molar-refractivity contribution in [2.24, 2.45) is 0 Å². The Morgan fingerprint density at radius 3 is 2.50 bits per heavy atom. The zero-order valence-corrected chi connectivity index (χ0v) is 18.2. The number of hydrogen-bond acceptors (Lipinski definition) is 6. The predicted octanol–water partition coefficient (Wildman–Crippen LogP) is 1.54. The molecule has 0 saturated carbocycles. The van der Waals surface area contributed by atoms with Gasteiger partial charge >= 0.3 is 0 Å². The molecule has 1 aromatic rings. The van der Waals surface area contributed by atoms with Gasteiger partial charge in [-0.05, 0) is 64.4 Å². The molecular formula is C19H29FN2O4S2. The molecule has 0 aliphatic carbocycles. The smallest absolute Gasteiger partial charge is 0.186 e. The minimum absolute atomic E-state index is 0.217. The third kappa shape index (κ3) is 4.42. The molecule has 0 spiro atoms. The first-order valence-corrected chi connectivity index (χ1v) is 13.0. The molecule has 0 amide bonds. The normalized spacial score (nSPS) is 26.0. The molecule has 2 heterocycles. The Morgan fingerprint density at radius 1 is 1.21 bits per heavy atom. The molecular weight excluding hydrogens is 403 g/mol. The average Bonchev–Trinajstić information content (AvgIpc) is 3.23. The van der Waals surface area contributed by atoms with Gasteiger partial charge in [0.25, 0.3) is 0 Å². The Kier molecular flexibility index (Phi) is 5.93. The molecule has 0 aromatic heterocycles. The summed E-state index contributed by atoms with van der Waals surface area (Å²) in [4.78, 5) is 1.91. The molecule has 2 atom stereocenters. The summed E-state index contributed by atoms with van der Waals surface area (Å²) in [5.41, 5.74) is 0.395. The van der Waals surface area contributed by atoms with Crippen LogP contribution in [0.4, 0.5) is 4.39 Å². The molecule has 1 aromatic carbocycles. The third-order valence-corrected chi connectivity index (χ3v) is 10.0. The summed E-state index contributed by atoms with van der Waals surface area (Å²) in [5.74, 6) is -1.57. The number of halogens is 1. The van der Waals surface area contributed by atoms with Gasteiger partial charge in [-0.3, -0.25) is 4.90 Å². The molecule has 6 nitrogen and oxygen atoms in total. The molecule has 2 saturated heterocycles. The Hall–Kier alpha value is -1.03. The van der Waals surface area contributed by atoms with Crippen molar-refractivity contribution in [2.45, 2.75) is 55.3 Å². The van der Waals surface area contributed by atoms with Gasteiger partial charge in [0.15, 0.2) is 19.7 Å². The summed E-state index contributed by atoms with van der Waals surface area (Å²) in [5, 5.41) is 2.00. The fourth-order valence-corrected chi connectivity index (χ4v) is 8.99. The van der Waals surface area contributed by atoms with Crippen LogP contribution in [0.2, 0.25) is 0 Å². The van der Waals surface area contributed by atoms with Gasteiger partial charge in [-0.25, -0.2) is 21.2 Å².